The SMILES string of the molecule is CCCC(CC)[O][Nb]. The van der Waals surface area contributed by atoms with E-state index in [2.05, 4.69) is 13.8 Å². The fourth-order valence-corrected chi connectivity index (χ4v) is 1.28. The molecule has 0 N–H and O–H groups in total. The fourth-order valence-electron chi connectivity index (χ4n) is 0.653. The molecule has 0 rings (SSSR count). The Hall–Kier alpha value is 0.700. The van der Waals surface area contributed by atoms with Gasteiger partial charge in [0.2, 0.25) is 0 Å². The number of hydrogen-bond donors (Lipinski definition) is 0. The molecular formula is C6H13NbO. The van der Waals surface area contributed by atoms with Gasteiger partial charge in [0.1, 0.15) is 0 Å². The fraction of sp³-hybridized carbons (Fsp3) is 1.00. The van der Waals surface area contributed by atoms with Crippen LogP contribution in [0.15, 0.2) is 0 Å². The van der Waals surface area contributed by atoms with Crippen LogP contribution >= 0.6 is 0 Å². The van der Waals surface area contributed by atoms with Crippen molar-refractivity contribution >= 4 is 0 Å². The van der Waals surface area contributed by atoms with Crippen molar-refractivity contribution in [1.29, 1.82) is 0 Å². The van der Waals surface area contributed by atoms with Crippen molar-refractivity contribution < 1.29 is 24.7 Å². The molecule has 2 heteroatoms. The van der Waals surface area contributed by atoms with Gasteiger partial charge in [0.25, 0.3) is 0 Å². The summed E-state index contributed by atoms with van der Waals surface area (Å²) in [6.07, 6.45) is 4.13. The molecule has 0 aromatic rings. The van der Waals surface area contributed by atoms with E-state index in [4.69, 9.17) is 3.24 Å². The van der Waals surface area contributed by atoms with Crippen LogP contribution in [-0.4, -0.2) is 6.10 Å². The summed E-state index contributed by atoms with van der Waals surface area (Å²) in [7, 11) is 0. The Bertz CT molecular complexity index is 43.8. The molecule has 1 atom stereocenters. The second-order valence-corrected chi connectivity index (χ2v) is 2.44. The minimum absolute atomic E-state index is 0.522. The molecule has 1 unspecified atom stereocenters. The summed E-state index contributed by atoms with van der Waals surface area (Å²) < 4.78 is 5.19. The van der Waals surface area contributed by atoms with E-state index < -0.39 is 0 Å². The van der Waals surface area contributed by atoms with Crippen molar-refractivity contribution in [3.63, 3.8) is 0 Å². The predicted molar refractivity (Wildman–Crippen MR) is 30.1 cm³/mol. The van der Waals surface area contributed by atoms with E-state index in [0.29, 0.717) is 6.10 Å². The molecule has 1 nitrogen and oxygen atoms in total. The first-order valence-corrected chi connectivity index (χ1v) is 4.05. The third kappa shape index (κ3) is 3.67. The monoisotopic (exact) mass is 194 g/mol. The third-order valence-electron chi connectivity index (χ3n) is 1.22. The first-order valence-electron chi connectivity index (χ1n) is 3.15. The van der Waals surface area contributed by atoms with Gasteiger partial charge in [-0.05, 0) is 0 Å². The quantitative estimate of drug-likeness (QED) is 0.622. The molecule has 0 aliphatic rings. The molecule has 0 aliphatic carbocycles. The molecule has 0 radical (unpaired) electrons. The van der Waals surface area contributed by atoms with E-state index in [1.165, 1.54) is 34.3 Å². The summed E-state index contributed by atoms with van der Waals surface area (Å²) in [4.78, 5) is 0. The molecular weight excluding hydrogens is 181 g/mol. The zero-order valence-corrected chi connectivity index (χ0v) is 7.75. The second kappa shape index (κ2) is 5.83. The van der Waals surface area contributed by atoms with Gasteiger partial charge in [-0.2, -0.15) is 0 Å². The van der Waals surface area contributed by atoms with Crippen LogP contribution in [-0.2, 0) is 24.7 Å². The summed E-state index contributed by atoms with van der Waals surface area (Å²) in [6.45, 7) is 4.35. The van der Waals surface area contributed by atoms with E-state index in [-0.39, 0.29) is 0 Å². The Labute approximate surface area is 64.2 Å². The first kappa shape index (κ1) is 8.70. The maximum atomic E-state index is 5.19. The van der Waals surface area contributed by atoms with Crippen LogP contribution in [0.3, 0.4) is 0 Å². The molecule has 0 aliphatic heterocycles. The zero-order valence-electron chi connectivity index (χ0n) is 5.55. The Morgan fingerprint density at radius 2 is 2.12 bits per heavy atom. The van der Waals surface area contributed by atoms with E-state index in [0.717, 1.165) is 6.42 Å². The summed E-state index contributed by atoms with van der Waals surface area (Å²) in [6, 6.07) is 0. The Morgan fingerprint density at radius 1 is 1.50 bits per heavy atom. The molecule has 0 aromatic carbocycles. The average molecular weight is 194 g/mol. The standard InChI is InChI=1S/C6H13O.Nb/c1-3-5-6(7)4-2;/h6H,3-5H2,1-2H3;/q-1;+1. The van der Waals surface area contributed by atoms with Crippen LogP contribution in [0, 0.1) is 0 Å². The molecule has 0 saturated carbocycles. The first-order chi connectivity index (χ1) is 3.85. The van der Waals surface area contributed by atoms with E-state index >= 15 is 0 Å². The van der Waals surface area contributed by atoms with Crippen molar-refractivity contribution in [3.8, 4) is 0 Å². The third-order valence-corrected chi connectivity index (χ3v) is 1.95. The normalized spacial score (nSPS) is 13.8. The van der Waals surface area contributed by atoms with Gasteiger partial charge in [-0.25, -0.2) is 0 Å². The predicted octanol–water partition coefficient (Wildman–Crippen LogP) is 2.04. The maximum absolute atomic E-state index is 5.19. The van der Waals surface area contributed by atoms with Crippen molar-refractivity contribution in [2.75, 3.05) is 0 Å². The topological polar surface area (TPSA) is 9.23 Å². The van der Waals surface area contributed by atoms with Crippen LogP contribution in [0.1, 0.15) is 33.1 Å². The van der Waals surface area contributed by atoms with Gasteiger partial charge in [-0.15, -0.1) is 0 Å². The summed E-state index contributed by atoms with van der Waals surface area (Å²) in [5.41, 5.74) is 0. The van der Waals surface area contributed by atoms with Gasteiger partial charge in [0, 0.05) is 0 Å². The summed E-state index contributed by atoms with van der Waals surface area (Å²) in [5, 5.41) is 0. The number of rotatable bonds is 4. The Balaban J connectivity index is 3.07. The van der Waals surface area contributed by atoms with Crippen LogP contribution in [0.25, 0.3) is 0 Å². The molecule has 0 heterocycles. The Kier molecular flexibility index (Phi) is 6.34. The molecule has 0 spiro atoms. The van der Waals surface area contributed by atoms with Gasteiger partial charge in [-0.3, -0.25) is 0 Å². The average Bonchev–Trinajstić information content (AvgIpc) is 1.83. The Morgan fingerprint density at radius 3 is 2.25 bits per heavy atom. The summed E-state index contributed by atoms with van der Waals surface area (Å²) >= 11 is 1.46. The van der Waals surface area contributed by atoms with E-state index in [9.17, 15) is 0 Å². The number of hydrogen-bond acceptors (Lipinski definition) is 1. The molecule has 48 valence electrons. The van der Waals surface area contributed by atoms with Crippen LogP contribution in [0.4, 0.5) is 0 Å². The van der Waals surface area contributed by atoms with E-state index in [1.54, 1.807) is 0 Å². The van der Waals surface area contributed by atoms with Gasteiger partial charge in [-0.1, -0.05) is 0 Å². The van der Waals surface area contributed by atoms with Gasteiger partial charge in [0.15, 0.2) is 0 Å². The van der Waals surface area contributed by atoms with E-state index in [1.807, 2.05) is 0 Å². The van der Waals surface area contributed by atoms with Gasteiger partial charge < -0.3 is 0 Å². The molecule has 0 aromatic heterocycles. The summed E-state index contributed by atoms with van der Waals surface area (Å²) in [5.74, 6) is 0. The molecule has 8 heavy (non-hydrogen) atoms. The van der Waals surface area contributed by atoms with Crippen LogP contribution in [0.2, 0.25) is 0 Å². The van der Waals surface area contributed by atoms with Crippen LogP contribution < -0.4 is 0 Å². The van der Waals surface area contributed by atoms with Crippen molar-refractivity contribution in [2.24, 2.45) is 0 Å². The zero-order chi connectivity index (χ0) is 6.41. The van der Waals surface area contributed by atoms with Crippen molar-refractivity contribution in [1.82, 2.24) is 0 Å². The molecule has 0 fully saturated rings. The molecule has 0 bridgehead atoms. The van der Waals surface area contributed by atoms with Gasteiger partial charge in [0.05, 0.1) is 0 Å². The van der Waals surface area contributed by atoms with Crippen molar-refractivity contribution in [2.45, 2.75) is 39.2 Å². The second-order valence-electron chi connectivity index (χ2n) is 1.92. The molecule has 0 amide bonds. The minimum atomic E-state index is 0.522. The van der Waals surface area contributed by atoms with Crippen LogP contribution in [0.5, 0.6) is 0 Å². The molecule has 0 saturated heterocycles. The van der Waals surface area contributed by atoms with Gasteiger partial charge >= 0.3 is 63.9 Å². The van der Waals surface area contributed by atoms with Crippen molar-refractivity contribution in [3.05, 3.63) is 0 Å².